The molecule has 1 aliphatic rings. The molecule has 1 saturated carbocycles. The molecule has 9 heteroatoms. The molecule has 1 aliphatic carbocycles. The smallest absolute Gasteiger partial charge is 0.329 e. The standard InChI is InChI=1S/C10H16N6O3/c1-19-10(3-2-4-10)6-13-8-7(16(17)18)5-12-9(14-8)15-11/h5H,2-4,6,11H2,1H3,(H2,12,13,14,15). The molecule has 0 unspecified atom stereocenters. The molecule has 0 spiro atoms. The molecule has 0 radical (unpaired) electrons. The third-order valence-corrected chi connectivity index (χ3v) is 3.37. The first-order valence-electron chi connectivity index (χ1n) is 5.87. The van der Waals surface area contributed by atoms with Crippen molar-refractivity contribution in [2.45, 2.75) is 24.9 Å². The number of hydrogen-bond donors (Lipinski definition) is 3. The molecular weight excluding hydrogens is 252 g/mol. The summed E-state index contributed by atoms with van der Waals surface area (Å²) in [5.74, 6) is 5.45. The molecule has 104 valence electrons. The van der Waals surface area contributed by atoms with Crippen molar-refractivity contribution < 1.29 is 9.66 Å². The molecule has 1 aromatic heterocycles. The molecule has 0 atom stereocenters. The van der Waals surface area contributed by atoms with Crippen LogP contribution in [-0.2, 0) is 4.74 Å². The number of methoxy groups -OCH3 is 1. The van der Waals surface area contributed by atoms with Crippen LogP contribution in [0.15, 0.2) is 6.20 Å². The number of nitrogens with one attached hydrogen (secondary N) is 2. The minimum atomic E-state index is -0.539. The maximum Gasteiger partial charge on any atom is 0.329 e. The summed E-state index contributed by atoms with van der Waals surface area (Å²) in [5.41, 5.74) is 1.81. The quantitative estimate of drug-likeness (QED) is 0.389. The van der Waals surface area contributed by atoms with E-state index in [-0.39, 0.29) is 23.1 Å². The summed E-state index contributed by atoms with van der Waals surface area (Å²) < 4.78 is 5.44. The van der Waals surface area contributed by atoms with Crippen LogP contribution in [-0.4, -0.2) is 34.1 Å². The second kappa shape index (κ2) is 5.33. The molecule has 19 heavy (non-hydrogen) atoms. The van der Waals surface area contributed by atoms with E-state index >= 15 is 0 Å². The topological polar surface area (TPSA) is 128 Å². The van der Waals surface area contributed by atoms with E-state index in [4.69, 9.17) is 10.6 Å². The Morgan fingerprint density at radius 2 is 2.37 bits per heavy atom. The molecule has 2 rings (SSSR count). The van der Waals surface area contributed by atoms with Crippen molar-refractivity contribution in [1.29, 1.82) is 0 Å². The predicted molar refractivity (Wildman–Crippen MR) is 68.6 cm³/mol. The Labute approximate surface area is 109 Å². The average Bonchev–Trinajstić information content (AvgIpc) is 2.37. The summed E-state index contributed by atoms with van der Waals surface area (Å²) >= 11 is 0. The molecule has 0 saturated heterocycles. The Morgan fingerprint density at radius 3 is 2.84 bits per heavy atom. The Morgan fingerprint density at radius 1 is 1.63 bits per heavy atom. The van der Waals surface area contributed by atoms with Gasteiger partial charge in [0, 0.05) is 13.7 Å². The number of hydrogen-bond acceptors (Lipinski definition) is 8. The highest BCUT2D eigenvalue weighted by Crippen LogP contribution is 2.35. The summed E-state index contributed by atoms with van der Waals surface area (Å²) in [6, 6.07) is 0. The van der Waals surface area contributed by atoms with Gasteiger partial charge in [-0.15, -0.1) is 0 Å². The van der Waals surface area contributed by atoms with Crippen LogP contribution in [0.25, 0.3) is 0 Å². The number of ether oxygens (including phenoxy) is 1. The van der Waals surface area contributed by atoms with Crippen molar-refractivity contribution >= 4 is 17.5 Å². The van der Waals surface area contributed by atoms with Crippen molar-refractivity contribution in [3.63, 3.8) is 0 Å². The van der Waals surface area contributed by atoms with Gasteiger partial charge in [-0.2, -0.15) is 4.98 Å². The zero-order valence-electron chi connectivity index (χ0n) is 10.5. The lowest BCUT2D eigenvalue weighted by atomic mass is 9.80. The maximum absolute atomic E-state index is 10.9. The van der Waals surface area contributed by atoms with Gasteiger partial charge < -0.3 is 10.1 Å². The highest BCUT2D eigenvalue weighted by atomic mass is 16.6. The number of nitrogens with zero attached hydrogens (tertiary/aromatic N) is 3. The van der Waals surface area contributed by atoms with E-state index in [2.05, 4.69) is 20.7 Å². The van der Waals surface area contributed by atoms with Crippen LogP contribution in [0.5, 0.6) is 0 Å². The molecule has 0 aromatic carbocycles. The van der Waals surface area contributed by atoms with E-state index in [0.29, 0.717) is 6.54 Å². The fraction of sp³-hybridized carbons (Fsp3) is 0.600. The summed E-state index contributed by atoms with van der Waals surface area (Å²) in [4.78, 5) is 18.0. The van der Waals surface area contributed by atoms with E-state index in [1.807, 2.05) is 0 Å². The lowest BCUT2D eigenvalue weighted by Gasteiger charge is -2.40. The van der Waals surface area contributed by atoms with Gasteiger partial charge in [-0.05, 0) is 19.3 Å². The summed E-state index contributed by atoms with van der Waals surface area (Å²) in [5, 5.41) is 13.9. The van der Waals surface area contributed by atoms with Gasteiger partial charge in [0.1, 0.15) is 6.20 Å². The zero-order chi connectivity index (χ0) is 13.9. The van der Waals surface area contributed by atoms with E-state index < -0.39 is 4.92 Å². The number of nitrogens with two attached hydrogens (primary N) is 1. The second-order valence-electron chi connectivity index (χ2n) is 4.42. The number of hydrazine groups is 1. The minimum Gasteiger partial charge on any atom is -0.376 e. The van der Waals surface area contributed by atoms with Crippen LogP contribution in [0.2, 0.25) is 0 Å². The Hall–Kier alpha value is -2.00. The Kier molecular flexibility index (Phi) is 3.76. The van der Waals surface area contributed by atoms with Crippen molar-refractivity contribution in [2.75, 3.05) is 24.4 Å². The van der Waals surface area contributed by atoms with Gasteiger partial charge in [-0.1, -0.05) is 0 Å². The maximum atomic E-state index is 10.9. The number of nitro groups is 1. The monoisotopic (exact) mass is 268 g/mol. The van der Waals surface area contributed by atoms with E-state index in [1.54, 1.807) is 7.11 Å². The second-order valence-corrected chi connectivity index (χ2v) is 4.42. The Bertz CT molecular complexity index is 471. The van der Waals surface area contributed by atoms with Crippen molar-refractivity contribution in [3.8, 4) is 0 Å². The van der Waals surface area contributed by atoms with Gasteiger partial charge in [-0.3, -0.25) is 15.5 Å². The van der Waals surface area contributed by atoms with Gasteiger partial charge in [-0.25, -0.2) is 10.8 Å². The van der Waals surface area contributed by atoms with Gasteiger partial charge in [0.2, 0.25) is 11.8 Å². The normalized spacial score (nSPS) is 16.5. The van der Waals surface area contributed by atoms with Gasteiger partial charge in [0.25, 0.3) is 0 Å². The lowest BCUT2D eigenvalue weighted by Crippen LogP contribution is -2.45. The molecule has 4 N–H and O–H groups in total. The Balaban J connectivity index is 2.15. The molecule has 1 aromatic rings. The molecule has 1 fully saturated rings. The predicted octanol–water partition coefficient (Wildman–Crippen LogP) is 0.651. The lowest BCUT2D eigenvalue weighted by molar-refractivity contribution is -0.384. The van der Waals surface area contributed by atoms with Crippen LogP contribution in [0.1, 0.15) is 19.3 Å². The molecular formula is C10H16N6O3. The van der Waals surface area contributed by atoms with Gasteiger partial charge >= 0.3 is 5.69 Å². The minimum absolute atomic E-state index is 0.119. The van der Waals surface area contributed by atoms with E-state index in [1.165, 1.54) is 0 Å². The number of rotatable bonds is 6. The molecule has 0 bridgehead atoms. The van der Waals surface area contributed by atoms with E-state index in [0.717, 1.165) is 25.5 Å². The average molecular weight is 268 g/mol. The summed E-state index contributed by atoms with van der Waals surface area (Å²) in [7, 11) is 1.64. The fourth-order valence-corrected chi connectivity index (χ4v) is 1.98. The zero-order valence-corrected chi connectivity index (χ0v) is 10.5. The van der Waals surface area contributed by atoms with Crippen LogP contribution >= 0.6 is 0 Å². The number of anilines is 2. The first kappa shape index (κ1) is 13.4. The SMILES string of the molecule is COC1(CNc2nc(NN)ncc2[N+](=O)[O-])CCC1. The molecule has 0 amide bonds. The third kappa shape index (κ3) is 2.71. The summed E-state index contributed by atoms with van der Waals surface area (Å²) in [6.07, 6.45) is 4.07. The largest absolute Gasteiger partial charge is 0.376 e. The summed E-state index contributed by atoms with van der Waals surface area (Å²) in [6.45, 7) is 0.464. The van der Waals surface area contributed by atoms with Gasteiger partial charge in [0.05, 0.1) is 10.5 Å². The van der Waals surface area contributed by atoms with Crippen molar-refractivity contribution in [2.24, 2.45) is 5.84 Å². The fourth-order valence-electron chi connectivity index (χ4n) is 1.98. The third-order valence-electron chi connectivity index (χ3n) is 3.37. The van der Waals surface area contributed by atoms with Crippen LogP contribution in [0.3, 0.4) is 0 Å². The van der Waals surface area contributed by atoms with Crippen LogP contribution in [0, 0.1) is 10.1 Å². The van der Waals surface area contributed by atoms with E-state index in [9.17, 15) is 10.1 Å². The molecule has 9 nitrogen and oxygen atoms in total. The highest BCUT2D eigenvalue weighted by molar-refractivity contribution is 5.57. The molecule has 1 heterocycles. The number of nitrogen functional groups attached to an aromatic ring is 1. The van der Waals surface area contributed by atoms with Crippen molar-refractivity contribution in [3.05, 3.63) is 16.3 Å². The highest BCUT2D eigenvalue weighted by Gasteiger charge is 2.37. The van der Waals surface area contributed by atoms with Crippen molar-refractivity contribution in [1.82, 2.24) is 9.97 Å². The number of aromatic nitrogens is 2. The van der Waals surface area contributed by atoms with Crippen LogP contribution in [0.4, 0.5) is 17.5 Å². The van der Waals surface area contributed by atoms with Gasteiger partial charge in [0.15, 0.2) is 0 Å². The first-order valence-corrected chi connectivity index (χ1v) is 5.87. The first-order chi connectivity index (χ1) is 9.10. The molecule has 0 aliphatic heterocycles. The van der Waals surface area contributed by atoms with Crippen LogP contribution < -0.4 is 16.6 Å².